The number of nitrogens with zero attached hydrogens (tertiary/aromatic N) is 1. The molecule has 0 radical (unpaired) electrons. The lowest BCUT2D eigenvalue weighted by atomic mass is 10.1. The predicted octanol–water partition coefficient (Wildman–Crippen LogP) is 4.00. The zero-order valence-corrected chi connectivity index (χ0v) is 13.2. The molecule has 0 aliphatic carbocycles. The number of thiophene rings is 1. The van der Waals surface area contributed by atoms with Gasteiger partial charge in [0.25, 0.3) is 0 Å². The van der Waals surface area contributed by atoms with Crippen molar-refractivity contribution in [1.82, 2.24) is 4.90 Å². The van der Waals surface area contributed by atoms with Gasteiger partial charge in [-0.05, 0) is 38.5 Å². The van der Waals surface area contributed by atoms with Crippen LogP contribution in [0, 0.1) is 6.92 Å². The van der Waals surface area contributed by atoms with Crippen LogP contribution in [0.25, 0.3) is 0 Å². The summed E-state index contributed by atoms with van der Waals surface area (Å²) in [5.74, 6) is 0. The number of hydrogen-bond donors (Lipinski definition) is 1. The Morgan fingerprint density at radius 2 is 1.80 bits per heavy atom. The number of aliphatic hydroxyl groups excluding tert-OH is 1. The average Bonchev–Trinajstić information content (AvgIpc) is 2.84. The fourth-order valence-corrected chi connectivity index (χ4v) is 3.15. The lowest BCUT2D eigenvalue weighted by Gasteiger charge is -2.28. The van der Waals surface area contributed by atoms with Gasteiger partial charge in [-0.1, -0.05) is 30.3 Å². The lowest BCUT2D eigenvalue weighted by Crippen LogP contribution is -2.34. The van der Waals surface area contributed by atoms with E-state index in [0.717, 1.165) is 12.1 Å². The summed E-state index contributed by atoms with van der Waals surface area (Å²) in [6.07, 6.45) is -0.431. The zero-order chi connectivity index (χ0) is 14.5. The Morgan fingerprint density at radius 1 is 1.10 bits per heavy atom. The first-order chi connectivity index (χ1) is 9.56. The van der Waals surface area contributed by atoms with E-state index in [0.29, 0.717) is 12.6 Å². The molecular formula is C17H23NOS. The fourth-order valence-electron chi connectivity index (χ4n) is 2.23. The molecule has 0 aliphatic heterocycles. The Balaban J connectivity index is 2.02. The van der Waals surface area contributed by atoms with Crippen LogP contribution in [0.4, 0.5) is 0 Å². The van der Waals surface area contributed by atoms with Gasteiger partial charge in [-0.3, -0.25) is 4.90 Å². The summed E-state index contributed by atoms with van der Waals surface area (Å²) in [6, 6.07) is 14.6. The molecule has 2 aromatic rings. The number of aliphatic hydroxyl groups is 1. The van der Waals surface area contributed by atoms with Crippen molar-refractivity contribution >= 4 is 11.3 Å². The molecule has 3 heteroatoms. The van der Waals surface area contributed by atoms with E-state index in [1.54, 1.807) is 0 Å². The Hall–Kier alpha value is -1.16. The summed E-state index contributed by atoms with van der Waals surface area (Å²) >= 11 is 1.83. The van der Waals surface area contributed by atoms with Gasteiger partial charge in [0.2, 0.25) is 0 Å². The van der Waals surface area contributed by atoms with Gasteiger partial charge in [-0.15, -0.1) is 11.3 Å². The maximum Gasteiger partial charge on any atom is 0.0917 e. The molecule has 20 heavy (non-hydrogen) atoms. The molecule has 0 spiro atoms. The second kappa shape index (κ2) is 7.02. The fraction of sp³-hybridized carbons (Fsp3) is 0.412. The Labute approximate surface area is 125 Å². The van der Waals surface area contributed by atoms with Gasteiger partial charge in [0.05, 0.1) is 6.10 Å². The summed E-state index contributed by atoms with van der Waals surface area (Å²) in [5.41, 5.74) is 0.987. The van der Waals surface area contributed by atoms with Gasteiger partial charge in [0.1, 0.15) is 0 Å². The normalized spacial score (nSPS) is 13.1. The van der Waals surface area contributed by atoms with Crippen molar-refractivity contribution in [2.24, 2.45) is 0 Å². The molecule has 0 aliphatic rings. The van der Waals surface area contributed by atoms with E-state index in [4.69, 9.17) is 0 Å². The van der Waals surface area contributed by atoms with Crippen molar-refractivity contribution in [2.75, 3.05) is 6.54 Å². The molecule has 108 valence electrons. The van der Waals surface area contributed by atoms with Crippen LogP contribution >= 0.6 is 11.3 Å². The summed E-state index contributed by atoms with van der Waals surface area (Å²) < 4.78 is 0. The summed E-state index contributed by atoms with van der Waals surface area (Å²) in [6.45, 7) is 8.06. The van der Waals surface area contributed by atoms with Crippen molar-refractivity contribution in [1.29, 1.82) is 0 Å². The average molecular weight is 289 g/mol. The molecule has 1 aromatic heterocycles. The number of rotatable bonds is 6. The van der Waals surface area contributed by atoms with E-state index in [1.165, 1.54) is 9.75 Å². The van der Waals surface area contributed by atoms with E-state index >= 15 is 0 Å². The summed E-state index contributed by atoms with van der Waals surface area (Å²) in [4.78, 5) is 5.02. The quantitative estimate of drug-likeness (QED) is 0.869. The number of aryl methyl sites for hydroxylation is 1. The molecule has 1 N–H and O–H groups in total. The molecule has 1 atom stereocenters. The molecular weight excluding hydrogens is 266 g/mol. The molecule has 0 saturated carbocycles. The third kappa shape index (κ3) is 4.17. The highest BCUT2D eigenvalue weighted by atomic mass is 32.1. The minimum atomic E-state index is -0.431. The van der Waals surface area contributed by atoms with Crippen LogP contribution in [0.1, 0.15) is 35.3 Å². The highest BCUT2D eigenvalue weighted by Crippen LogP contribution is 2.21. The van der Waals surface area contributed by atoms with Gasteiger partial charge in [0.15, 0.2) is 0 Å². The molecule has 0 unspecified atom stereocenters. The van der Waals surface area contributed by atoms with Crippen LogP contribution in [-0.2, 0) is 6.54 Å². The second-order valence-electron chi connectivity index (χ2n) is 5.46. The van der Waals surface area contributed by atoms with Crippen molar-refractivity contribution in [3.8, 4) is 0 Å². The molecule has 0 amide bonds. The molecule has 1 aromatic carbocycles. The highest BCUT2D eigenvalue weighted by Gasteiger charge is 2.17. The first kappa shape index (κ1) is 15.2. The highest BCUT2D eigenvalue weighted by molar-refractivity contribution is 7.11. The van der Waals surface area contributed by atoms with Crippen molar-refractivity contribution in [3.05, 3.63) is 57.8 Å². The van der Waals surface area contributed by atoms with Gasteiger partial charge < -0.3 is 5.11 Å². The van der Waals surface area contributed by atoms with E-state index in [2.05, 4.69) is 37.8 Å². The Morgan fingerprint density at radius 3 is 2.35 bits per heavy atom. The third-order valence-electron chi connectivity index (χ3n) is 3.48. The van der Waals surface area contributed by atoms with Crippen molar-refractivity contribution < 1.29 is 5.11 Å². The topological polar surface area (TPSA) is 23.5 Å². The predicted molar refractivity (Wildman–Crippen MR) is 86.0 cm³/mol. The van der Waals surface area contributed by atoms with Gasteiger partial charge >= 0.3 is 0 Å². The van der Waals surface area contributed by atoms with Crippen molar-refractivity contribution in [3.63, 3.8) is 0 Å². The standard InChI is InChI=1S/C17H23NOS/c1-13(2)18(11-16-10-9-14(3)20-16)12-17(19)15-7-5-4-6-8-15/h4-10,13,17,19H,11-12H2,1-3H3/t17-/m0/s1. The molecule has 0 fully saturated rings. The van der Waals surface area contributed by atoms with E-state index in [9.17, 15) is 5.11 Å². The van der Waals surface area contributed by atoms with E-state index < -0.39 is 6.10 Å². The summed E-state index contributed by atoms with van der Waals surface area (Å²) in [7, 11) is 0. The molecule has 0 bridgehead atoms. The molecule has 1 heterocycles. The van der Waals surface area contributed by atoms with Crippen LogP contribution in [0.3, 0.4) is 0 Å². The largest absolute Gasteiger partial charge is 0.387 e. The second-order valence-corrected chi connectivity index (χ2v) is 6.83. The Kier molecular flexibility index (Phi) is 5.35. The Bertz CT molecular complexity index is 521. The maximum absolute atomic E-state index is 10.4. The third-order valence-corrected chi connectivity index (χ3v) is 4.46. The van der Waals surface area contributed by atoms with Crippen LogP contribution < -0.4 is 0 Å². The van der Waals surface area contributed by atoms with E-state index in [1.807, 2.05) is 41.7 Å². The first-order valence-electron chi connectivity index (χ1n) is 7.08. The minimum absolute atomic E-state index is 0.413. The monoisotopic (exact) mass is 289 g/mol. The molecule has 2 nitrogen and oxygen atoms in total. The maximum atomic E-state index is 10.4. The van der Waals surface area contributed by atoms with Crippen LogP contribution in [0.2, 0.25) is 0 Å². The molecule has 0 saturated heterocycles. The van der Waals surface area contributed by atoms with Crippen LogP contribution in [0.5, 0.6) is 0 Å². The minimum Gasteiger partial charge on any atom is -0.387 e. The lowest BCUT2D eigenvalue weighted by molar-refractivity contribution is 0.0914. The van der Waals surface area contributed by atoms with E-state index in [-0.39, 0.29) is 0 Å². The van der Waals surface area contributed by atoms with Gasteiger partial charge in [0, 0.05) is 28.9 Å². The SMILES string of the molecule is Cc1ccc(CN(C[C@H](O)c2ccccc2)C(C)C)s1. The zero-order valence-electron chi connectivity index (χ0n) is 12.4. The van der Waals surface area contributed by atoms with Gasteiger partial charge in [-0.2, -0.15) is 0 Å². The smallest absolute Gasteiger partial charge is 0.0917 e. The summed E-state index contributed by atoms with van der Waals surface area (Å²) in [5, 5.41) is 10.4. The van der Waals surface area contributed by atoms with Crippen molar-refractivity contribution in [2.45, 2.75) is 39.5 Å². The number of benzene rings is 1. The number of hydrogen-bond acceptors (Lipinski definition) is 3. The van der Waals surface area contributed by atoms with Gasteiger partial charge in [-0.25, -0.2) is 0 Å². The first-order valence-corrected chi connectivity index (χ1v) is 7.90. The molecule has 2 rings (SSSR count). The van der Waals surface area contributed by atoms with Crippen LogP contribution in [-0.4, -0.2) is 22.6 Å². The van der Waals surface area contributed by atoms with Crippen LogP contribution in [0.15, 0.2) is 42.5 Å².